The number of aromatic nitrogens is 1. The summed E-state index contributed by atoms with van der Waals surface area (Å²) in [5, 5.41) is 0. The van der Waals surface area contributed by atoms with E-state index < -0.39 is 0 Å². The zero-order chi connectivity index (χ0) is 14.5. The monoisotopic (exact) mass is 290 g/mol. The van der Waals surface area contributed by atoms with Crippen molar-refractivity contribution in [1.29, 1.82) is 0 Å². The van der Waals surface area contributed by atoms with Crippen molar-refractivity contribution < 1.29 is 9.47 Å². The molecule has 0 unspecified atom stereocenters. The number of nitrogen functional groups attached to an aromatic ring is 1. The van der Waals surface area contributed by atoms with Gasteiger partial charge in [-0.25, -0.2) is 0 Å². The highest BCUT2D eigenvalue weighted by atomic mass is 32.1. The Morgan fingerprint density at radius 3 is 2.40 bits per heavy atom. The number of ether oxygens (including phenoxy) is 2. The lowest BCUT2D eigenvalue weighted by molar-refractivity contribution is 0.171. The maximum absolute atomic E-state index is 5.49. The van der Waals surface area contributed by atoms with Crippen LogP contribution in [0.2, 0.25) is 0 Å². The summed E-state index contributed by atoms with van der Waals surface area (Å²) in [5.74, 6) is 1.73. The van der Waals surface area contributed by atoms with Gasteiger partial charge >= 0.3 is 0 Å². The molecule has 0 saturated carbocycles. The second-order valence-corrected chi connectivity index (χ2v) is 5.02. The van der Waals surface area contributed by atoms with E-state index in [0.29, 0.717) is 23.5 Å². The van der Waals surface area contributed by atoms with Crippen LogP contribution < -0.4 is 15.2 Å². The van der Waals surface area contributed by atoms with Gasteiger partial charge in [-0.15, -0.1) is 0 Å². The molecule has 1 aliphatic heterocycles. The first-order valence-corrected chi connectivity index (χ1v) is 6.78. The van der Waals surface area contributed by atoms with E-state index >= 15 is 0 Å². The van der Waals surface area contributed by atoms with Crippen LogP contribution in [0.5, 0.6) is 11.5 Å². The van der Waals surface area contributed by atoms with Crippen LogP contribution in [0.1, 0.15) is 11.1 Å². The van der Waals surface area contributed by atoms with Gasteiger partial charge < -0.3 is 20.2 Å². The Hall–Kier alpha value is -2.01. The van der Waals surface area contributed by atoms with E-state index in [1.165, 1.54) is 5.56 Å². The number of pyridine rings is 1. The zero-order valence-corrected chi connectivity index (χ0v) is 12.4. The van der Waals surface area contributed by atoms with Crippen LogP contribution in [0.4, 0.5) is 5.69 Å². The van der Waals surface area contributed by atoms with Crippen molar-refractivity contribution in [3.63, 3.8) is 0 Å². The fourth-order valence-corrected chi connectivity index (χ4v) is 1.88. The molecule has 0 spiro atoms. The van der Waals surface area contributed by atoms with E-state index in [2.05, 4.69) is 4.98 Å². The van der Waals surface area contributed by atoms with Gasteiger partial charge in [0.2, 0.25) is 0 Å². The summed E-state index contributed by atoms with van der Waals surface area (Å²) in [4.78, 5) is 2.86. The van der Waals surface area contributed by atoms with Crippen LogP contribution in [0, 0.1) is 18.5 Å². The molecule has 0 amide bonds. The van der Waals surface area contributed by atoms with Crippen molar-refractivity contribution in [1.82, 2.24) is 4.98 Å². The van der Waals surface area contributed by atoms with Gasteiger partial charge in [0.25, 0.3) is 0 Å². The van der Waals surface area contributed by atoms with Gasteiger partial charge in [0.05, 0.1) is 5.69 Å². The summed E-state index contributed by atoms with van der Waals surface area (Å²) in [6, 6.07) is 7.81. The van der Waals surface area contributed by atoms with Gasteiger partial charge in [0, 0.05) is 6.20 Å². The van der Waals surface area contributed by atoms with Crippen LogP contribution in [0.15, 0.2) is 30.5 Å². The summed E-state index contributed by atoms with van der Waals surface area (Å²) in [6.45, 7) is 5.33. The van der Waals surface area contributed by atoms with Crippen molar-refractivity contribution in [3.8, 4) is 11.5 Å². The van der Waals surface area contributed by atoms with Crippen molar-refractivity contribution in [3.05, 3.63) is 46.2 Å². The molecule has 0 fully saturated rings. The minimum Gasteiger partial charge on any atom is -0.486 e. The third-order valence-corrected chi connectivity index (χ3v) is 3.13. The number of anilines is 1. The first kappa shape index (κ1) is 14.4. The predicted molar refractivity (Wildman–Crippen MR) is 82.9 cm³/mol. The average molecular weight is 290 g/mol. The number of rotatable bonds is 0. The molecule has 20 heavy (non-hydrogen) atoms. The van der Waals surface area contributed by atoms with Crippen LogP contribution in [-0.2, 0) is 0 Å². The van der Waals surface area contributed by atoms with Gasteiger partial charge in [-0.3, -0.25) is 0 Å². The Morgan fingerprint density at radius 1 is 1.05 bits per heavy atom. The Labute approximate surface area is 123 Å². The minimum atomic E-state index is 0.612. The lowest BCUT2D eigenvalue weighted by atomic mass is 10.2. The molecule has 1 aromatic carbocycles. The summed E-state index contributed by atoms with van der Waals surface area (Å²) >= 11 is 4.83. The molecule has 2 heterocycles. The quantitative estimate of drug-likeness (QED) is 0.730. The third-order valence-electron chi connectivity index (χ3n) is 2.77. The Bertz CT molecular complexity index is 653. The van der Waals surface area contributed by atoms with Gasteiger partial charge in [-0.1, -0.05) is 18.3 Å². The largest absolute Gasteiger partial charge is 0.486 e. The van der Waals surface area contributed by atoms with Gasteiger partial charge in [-0.05, 0) is 43.2 Å². The predicted octanol–water partition coefficient (Wildman–Crippen LogP) is 3.40. The molecule has 1 aromatic heterocycles. The normalized spacial score (nSPS) is 12.3. The van der Waals surface area contributed by atoms with Gasteiger partial charge in [0.1, 0.15) is 17.9 Å². The SMILES string of the molecule is Cc1c[nH]c(=S)c(N)c1.Cc1ccc2c(c1)OCCO2. The molecule has 106 valence electrons. The van der Waals surface area contributed by atoms with Gasteiger partial charge in [0.15, 0.2) is 11.5 Å². The van der Waals surface area contributed by atoms with E-state index in [9.17, 15) is 0 Å². The smallest absolute Gasteiger partial charge is 0.161 e. The highest BCUT2D eigenvalue weighted by molar-refractivity contribution is 7.71. The molecule has 0 radical (unpaired) electrons. The van der Waals surface area contributed by atoms with E-state index in [0.717, 1.165) is 17.1 Å². The Morgan fingerprint density at radius 2 is 1.75 bits per heavy atom. The average Bonchev–Trinajstić information content (AvgIpc) is 2.44. The van der Waals surface area contributed by atoms with Crippen LogP contribution >= 0.6 is 12.2 Å². The number of hydrogen-bond acceptors (Lipinski definition) is 4. The molecule has 0 atom stereocenters. The number of aryl methyl sites for hydroxylation is 2. The fourth-order valence-electron chi connectivity index (χ4n) is 1.77. The molecule has 0 saturated heterocycles. The lowest BCUT2D eigenvalue weighted by Crippen LogP contribution is -2.15. The number of nitrogens with two attached hydrogens (primary N) is 1. The number of fused-ring (bicyclic) bond motifs is 1. The molecule has 4 nitrogen and oxygen atoms in total. The van der Waals surface area contributed by atoms with E-state index in [-0.39, 0.29) is 0 Å². The molecule has 1 aliphatic rings. The second kappa shape index (κ2) is 6.43. The minimum absolute atomic E-state index is 0.612. The standard InChI is InChI=1S/C9H10O2.C6H8N2S/c1-7-2-3-8-9(6-7)11-5-4-10-8;1-4-2-5(7)6(9)8-3-4/h2-3,6H,4-5H2,1H3;2-3H,7H2,1H3,(H,8,9). The molecule has 3 rings (SSSR count). The number of nitrogens with one attached hydrogen (secondary N) is 1. The molecular formula is C15H18N2O2S. The Kier molecular flexibility index (Phi) is 4.63. The second-order valence-electron chi connectivity index (χ2n) is 4.61. The Balaban J connectivity index is 0.000000151. The van der Waals surface area contributed by atoms with Crippen molar-refractivity contribution >= 4 is 17.9 Å². The fraction of sp³-hybridized carbons (Fsp3) is 0.267. The number of H-pyrrole nitrogens is 1. The topological polar surface area (TPSA) is 60.3 Å². The van der Waals surface area contributed by atoms with E-state index in [4.69, 9.17) is 27.4 Å². The van der Waals surface area contributed by atoms with Crippen molar-refractivity contribution in [2.24, 2.45) is 0 Å². The molecule has 5 heteroatoms. The third kappa shape index (κ3) is 3.74. The maximum atomic E-state index is 5.49. The first-order chi connectivity index (χ1) is 9.56. The van der Waals surface area contributed by atoms with Crippen molar-refractivity contribution in [2.45, 2.75) is 13.8 Å². The first-order valence-electron chi connectivity index (χ1n) is 6.37. The molecular weight excluding hydrogens is 272 g/mol. The highest BCUT2D eigenvalue weighted by Gasteiger charge is 2.09. The van der Waals surface area contributed by atoms with E-state index in [1.807, 2.05) is 44.3 Å². The zero-order valence-electron chi connectivity index (χ0n) is 11.6. The summed E-state index contributed by atoms with van der Waals surface area (Å²) < 4.78 is 11.3. The molecule has 3 N–H and O–H groups in total. The van der Waals surface area contributed by atoms with E-state index in [1.54, 1.807) is 0 Å². The number of hydrogen-bond donors (Lipinski definition) is 2. The molecule has 0 aliphatic carbocycles. The van der Waals surface area contributed by atoms with Gasteiger partial charge in [-0.2, -0.15) is 0 Å². The summed E-state index contributed by atoms with van der Waals surface area (Å²) in [6.07, 6.45) is 1.83. The maximum Gasteiger partial charge on any atom is 0.161 e. The molecule has 2 aromatic rings. The highest BCUT2D eigenvalue weighted by Crippen LogP contribution is 2.30. The van der Waals surface area contributed by atoms with Crippen LogP contribution in [-0.4, -0.2) is 18.2 Å². The van der Waals surface area contributed by atoms with Crippen LogP contribution in [0.3, 0.4) is 0 Å². The van der Waals surface area contributed by atoms with Crippen LogP contribution in [0.25, 0.3) is 0 Å². The van der Waals surface area contributed by atoms with Crippen molar-refractivity contribution in [2.75, 3.05) is 18.9 Å². The lowest BCUT2D eigenvalue weighted by Gasteiger charge is -2.18. The number of benzene rings is 1. The number of aromatic amines is 1. The molecule has 0 bridgehead atoms. The summed E-state index contributed by atoms with van der Waals surface area (Å²) in [7, 11) is 0. The summed E-state index contributed by atoms with van der Waals surface area (Å²) in [5.41, 5.74) is 8.43.